The van der Waals surface area contributed by atoms with E-state index in [1.807, 2.05) is 104 Å². The minimum Gasteiger partial charge on any atom is -0.497 e. The van der Waals surface area contributed by atoms with Crippen molar-refractivity contribution in [1.29, 1.82) is 0 Å². The summed E-state index contributed by atoms with van der Waals surface area (Å²) in [6.07, 6.45) is 1.86. The molecule has 1 aliphatic heterocycles. The van der Waals surface area contributed by atoms with Gasteiger partial charge < -0.3 is 14.4 Å². The quantitative estimate of drug-likeness (QED) is 0.332. The fourth-order valence-electron chi connectivity index (χ4n) is 4.59. The number of hydrogen-bond donors (Lipinski definition) is 0. The average molecular weight is 540 g/mol. The van der Waals surface area contributed by atoms with Crippen LogP contribution in [0.4, 0.5) is 5.69 Å². The molecule has 2 heterocycles. The monoisotopic (exact) mass is 539 g/mol. The van der Waals surface area contributed by atoms with Gasteiger partial charge in [0, 0.05) is 25.3 Å². The second-order valence-corrected chi connectivity index (χ2v) is 10.2. The summed E-state index contributed by atoms with van der Waals surface area (Å²) in [5.74, 6) is 0.110. The highest BCUT2D eigenvalue weighted by molar-refractivity contribution is 7.07. The first-order valence-electron chi connectivity index (χ1n) is 12.6. The number of nitrogens with zero attached hydrogens (tertiary/aromatic N) is 3. The highest BCUT2D eigenvalue weighted by Crippen LogP contribution is 2.36. The van der Waals surface area contributed by atoms with Crippen LogP contribution >= 0.6 is 11.3 Å². The van der Waals surface area contributed by atoms with Gasteiger partial charge in [-0.3, -0.25) is 9.36 Å². The van der Waals surface area contributed by atoms with E-state index in [0.29, 0.717) is 26.4 Å². The first-order chi connectivity index (χ1) is 18.9. The number of ether oxygens (including phenoxy) is 2. The minimum absolute atomic E-state index is 0.197. The molecule has 0 unspecified atom stereocenters. The predicted octanol–water partition coefficient (Wildman–Crippen LogP) is 4.01. The van der Waals surface area contributed by atoms with E-state index >= 15 is 0 Å². The third-order valence-corrected chi connectivity index (χ3v) is 7.47. The van der Waals surface area contributed by atoms with Crippen LogP contribution in [0.15, 0.2) is 94.2 Å². The van der Waals surface area contributed by atoms with Crippen LogP contribution in [0, 0.1) is 0 Å². The molecule has 0 bridgehead atoms. The van der Waals surface area contributed by atoms with Crippen molar-refractivity contribution in [2.24, 2.45) is 4.99 Å². The fourth-order valence-corrected chi connectivity index (χ4v) is 5.59. The van der Waals surface area contributed by atoms with Crippen molar-refractivity contribution < 1.29 is 14.3 Å². The second-order valence-electron chi connectivity index (χ2n) is 9.19. The normalized spacial score (nSPS) is 15.0. The molecule has 8 heteroatoms. The summed E-state index contributed by atoms with van der Waals surface area (Å²) in [5.41, 5.74) is 4.04. The summed E-state index contributed by atoms with van der Waals surface area (Å²) in [5, 5.41) is 0. The summed E-state index contributed by atoms with van der Waals surface area (Å²) < 4.78 is 13.1. The number of carbonyl (C=O) groups excluding carboxylic acids is 1. The molecule has 0 saturated carbocycles. The molecule has 198 valence electrons. The van der Waals surface area contributed by atoms with Crippen molar-refractivity contribution in [3.8, 4) is 5.75 Å². The Morgan fingerprint density at radius 3 is 2.46 bits per heavy atom. The topological polar surface area (TPSA) is 73.1 Å². The zero-order valence-corrected chi connectivity index (χ0v) is 23.1. The van der Waals surface area contributed by atoms with Crippen molar-refractivity contribution in [2.75, 3.05) is 32.7 Å². The Labute approximate surface area is 230 Å². The highest BCUT2D eigenvalue weighted by Gasteiger charge is 2.35. The van der Waals surface area contributed by atoms with E-state index in [9.17, 15) is 9.59 Å². The Bertz CT molecular complexity index is 1720. The molecule has 0 saturated heterocycles. The zero-order chi connectivity index (χ0) is 27.5. The molecule has 4 aromatic rings. The van der Waals surface area contributed by atoms with E-state index in [-0.39, 0.29) is 12.2 Å². The van der Waals surface area contributed by atoms with E-state index in [4.69, 9.17) is 14.5 Å². The Hall–Kier alpha value is -4.43. The molecule has 1 aliphatic rings. The van der Waals surface area contributed by atoms with Gasteiger partial charge in [-0.1, -0.05) is 65.9 Å². The molecule has 0 spiro atoms. The first kappa shape index (κ1) is 26.2. The number of aromatic nitrogens is 1. The van der Waals surface area contributed by atoms with Crippen LogP contribution < -0.4 is 24.5 Å². The third kappa shape index (κ3) is 5.15. The van der Waals surface area contributed by atoms with Crippen LogP contribution in [0.2, 0.25) is 0 Å². The van der Waals surface area contributed by atoms with Gasteiger partial charge >= 0.3 is 5.97 Å². The summed E-state index contributed by atoms with van der Waals surface area (Å²) in [6.45, 7) is 1.96. The van der Waals surface area contributed by atoms with Gasteiger partial charge in [0.2, 0.25) is 0 Å². The standard InChI is InChI=1S/C31H29N3O4S/c1-5-38-30(36)26-27(21-10-7-6-8-11-21)32-31-34(28(26)22-12-9-13-24(19-22)37-4)29(35)25(39-31)18-20-14-16-23(17-15-20)33(2)3/h6-19,28H,5H2,1-4H3/b25-18-/t28-/m0/s1. The lowest BCUT2D eigenvalue weighted by Crippen LogP contribution is -2.40. The smallest absolute Gasteiger partial charge is 0.338 e. The molecular weight excluding hydrogens is 510 g/mol. The molecule has 1 aromatic heterocycles. The number of hydrogen-bond acceptors (Lipinski definition) is 7. The van der Waals surface area contributed by atoms with Crippen molar-refractivity contribution >= 4 is 34.8 Å². The molecule has 1 atom stereocenters. The van der Waals surface area contributed by atoms with Crippen molar-refractivity contribution in [3.63, 3.8) is 0 Å². The molecule has 7 nitrogen and oxygen atoms in total. The van der Waals surface area contributed by atoms with Crippen molar-refractivity contribution in [3.05, 3.63) is 121 Å². The molecule has 5 rings (SSSR count). The Kier molecular flexibility index (Phi) is 7.47. The highest BCUT2D eigenvalue weighted by atomic mass is 32.1. The van der Waals surface area contributed by atoms with E-state index in [1.54, 1.807) is 18.6 Å². The minimum atomic E-state index is -0.746. The molecule has 0 fully saturated rings. The summed E-state index contributed by atoms with van der Waals surface area (Å²) >= 11 is 1.30. The maximum absolute atomic E-state index is 14.0. The van der Waals surface area contributed by atoms with Gasteiger partial charge in [-0.25, -0.2) is 9.79 Å². The number of thiazole rings is 1. The fraction of sp³-hybridized carbons (Fsp3) is 0.194. The van der Waals surface area contributed by atoms with Gasteiger partial charge in [-0.15, -0.1) is 0 Å². The van der Waals surface area contributed by atoms with E-state index < -0.39 is 12.0 Å². The van der Waals surface area contributed by atoms with Crippen LogP contribution in [0.3, 0.4) is 0 Å². The average Bonchev–Trinajstić information content (AvgIpc) is 3.27. The number of rotatable bonds is 7. The number of anilines is 1. The van der Waals surface area contributed by atoms with Crippen molar-refractivity contribution in [1.82, 2.24) is 4.57 Å². The SMILES string of the molecule is CCOC(=O)C1=C(c2ccccc2)N=c2s/c(=C\c3ccc(N(C)C)cc3)c(=O)n2[C@H]1c1cccc(OC)c1. The zero-order valence-electron chi connectivity index (χ0n) is 22.3. The molecule has 0 radical (unpaired) electrons. The van der Waals surface area contributed by atoms with Crippen molar-refractivity contribution in [2.45, 2.75) is 13.0 Å². The largest absolute Gasteiger partial charge is 0.497 e. The number of carbonyl (C=O) groups is 1. The van der Waals surface area contributed by atoms with Crippen LogP contribution in [0.5, 0.6) is 5.75 Å². The predicted molar refractivity (Wildman–Crippen MR) is 155 cm³/mol. The summed E-state index contributed by atoms with van der Waals surface area (Å²) in [7, 11) is 5.55. The lowest BCUT2D eigenvalue weighted by Gasteiger charge is -2.26. The molecule has 39 heavy (non-hydrogen) atoms. The second kappa shape index (κ2) is 11.1. The van der Waals surface area contributed by atoms with E-state index in [0.717, 1.165) is 22.4 Å². The van der Waals surface area contributed by atoms with E-state index in [1.165, 1.54) is 11.3 Å². The molecule has 3 aromatic carbocycles. The van der Waals surface area contributed by atoms with Gasteiger partial charge in [-0.05, 0) is 48.4 Å². The van der Waals surface area contributed by atoms with Crippen LogP contribution in [0.25, 0.3) is 11.8 Å². The van der Waals surface area contributed by atoms with Gasteiger partial charge in [0.05, 0.1) is 35.6 Å². The van der Waals surface area contributed by atoms with Gasteiger partial charge in [-0.2, -0.15) is 0 Å². The third-order valence-electron chi connectivity index (χ3n) is 6.49. The van der Waals surface area contributed by atoms with Crippen LogP contribution in [0.1, 0.15) is 29.7 Å². The maximum Gasteiger partial charge on any atom is 0.338 e. The molecule has 0 N–H and O–H groups in total. The molecule has 0 aliphatic carbocycles. The molecular formula is C31H29N3O4S. The van der Waals surface area contributed by atoms with Gasteiger partial charge in [0.25, 0.3) is 5.56 Å². The first-order valence-corrected chi connectivity index (χ1v) is 13.4. The lowest BCUT2D eigenvalue weighted by molar-refractivity contribution is -0.138. The van der Waals surface area contributed by atoms with Gasteiger partial charge in [0.1, 0.15) is 5.75 Å². The van der Waals surface area contributed by atoms with Gasteiger partial charge in [0.15, 0.2) is 4.80 Å². The Morgan fingerprint density at radius 2 is 1.79 bits per heavy atom. The number of esters is 1. The Balaban J connectivity index is 1.79. The number of fused-ring (bicyclic) bond motifs is 1. The number of methoxy groups -OCH3 is 1. The lowest BCUT2D eigenvalue weighted by atomic mass is 9.93. The number of benzene rings is 3. The van der Waals surface area contributed by atoms with Crippen LogP contribution in [-0.4, -0.2) is 38.3 Å². The summed E-state index contributed by atoms with van der Waals surface area (Å²) in [4.78, 5) is 34.9. The molecule has 0 amide bonds. The van der Waals surface area contributed by atoms with E-state index in [2.05, 4.69) is 0 Å². The maximum atomic E-state index is 14.0. The van der Waals surface area contributed by atoms with Crippen LogP contribution in [-0.2, 0) is 9.53 Å². The Morgan fingerprint density at radius 1 is 1.05 bits per heavy atom. The summed E-state index contributed by atoms with van der Waals surface area (Å²) in [6, 6.07) is 24.1.